The van der Waals surface area contributed by atoms with Crippen LogP contribution in [0.3, 0.4) is 0 Å². The number of carbonyl (C=O) groups excluding carboxylic acids is 1. The number of amides is 1. The van der Waals surface area contributed by atoms with E-state index in [0.29, 0.717) is 23.9 Å². The van der Waals surface area contributed by atoms with Crippen molar-refractivity contribution in [2.75, 3.05) is 19.6 Å². The molecule has 122 valence electrons. The summed E-state index contributed by atoms with van der Waals surface area (Å²) in [4.78, 5) is 19.0. The number of aromatic nitrogens is 1. The fourth-order valence-electron chi connectivity index (χ4n) is 3.08. The zero-order chi connectivity index (χ0) is 16.4. The van der Waals surface area contributed by atoms with Crippen molar-refractivity contribution >= 4 is 5.91 Å². The van der Waals surface area contributed by atoms with Gasteiger partial charge in [0.1, 0.15) is 0 Å². The fraction of sp³-hybridized carbons (Fsp3) is 0.444. The smallest absolute Gasteiger partial charge is 0.292 e. The Balaban J connectivity index is 1.88. The number of nitrogens with one attached hydrogen (secondary N) is 1. The zero-order valence-electron chi connectivity index (χ0n) is 13.9. The molecule has 0 radical (unpaired) electrons. The lowest BCUT2D eigenvalue weighted by Gasteiger charge is -2.36. The van der Waals surface area contributed by atoms with Crippen LogP contribution in [-0.4, -0.2) is 35.4 Å². The molecule has 1 aliphatic rings. The highest BCUT2D eigenvalue weighted by molar-refractivity contribution is 5.92. The van der Waals surface area contributed by atoms with Crippen molar-refractivity contribution in [1.29, 1.82) is 0 Å². The van der Waals surface area contributed by atoms with E-state index in [-0.39, 0.29) is 11.9 Å². The van der Waals surface area contributed by atoms with Gasteiger partial charge in [0.05, 0.1) is 11.7 Å². The lowest BCUT2D eigenvalue weighted by Crippen LogP contribution is -2.48. The van der Waals surface area contributed by atoms with Crippen LogP contribution in [0.25, 0.3) is 0 Å². The Hall–Kier alpha value is -2.14. The van der Waals surface area contributed by atoms with Gasteiger partial charge in [-0.25, -0.2) is 4.98 Å². The second-order valence-corrected chi connectivity index (χ2v) is 5.96. The standard InChI is InChI=1S/C18H23N3O2/c1-4-14-5-7-15(8-6-14)16-11-19-9-10-21(16)18(22)17-12(2)20-13(3)23-17/h5-8,16,19H,4,9-11H2,1-3H3. The molecule has 1 fully saturated rings. The van der Waals surface area contributed by atoms with Gasteiger partial charge in [0, 0.05) is 26.6 Å². The molecule has 1 amide bonds. The first kappa shape index (κ1) is 15.7. The Labute approximate surface area is 136 Å². The summed E-state index contributed by atoms with van der Waals surface area (Å²) in [6.07, 6.45) is 1.02. The maximum absolute atomic E-state index is 12.9. The summed E-state index contributed by atoms with van der Waals surface area (Å²) in [6, 6.07) is 8.53. The van der Waals surface area contributed by atoms with Crippen LogP contribution in [0.4, 0.5) is 0 Å². The molecule has 5 nitrogen and oxygen atoms in total. The molecule has 1 aliphatic heterocycles. The van der Waals surface area contributed by atoms with Crippen LogP contribution in [0.5, 0.6) is 0 Å². The van der Waals surface area contributed by atoms with Gasteiger partial charge in [-0.15, -0.1) is 0 Å². The van der Waals surface area contributed by atoms with Gasteiger partial charge in [-0.2, -0.15) is 0 Å². The van der Waals surface area contributed by atoms with Crippen LogP contribution < -0.4 is 5.32 Å². The minimum absolute atomic E-state index is 0.0203. The van der Waals surface area contributed by atoms with Crippen molar-refractivity contribution in [3.63, 3.8) is 0 Å². The molecule has 1 aromatic carbocycles. The van der Waals surface area contributed by atoms with Gasteiger partial charge >= 0.3 is 0 Å². The molecular formula is C18H23N3O2. The maximum atomic E-state index is 12.9. The van der Waals surface area contributed by atoms with Gasteiger partial charge in [-0.3, -0.25) is 4.79 Å². The van der Waals surface area contributed by atoms with Crippen molar-refractivity contribution in [1.82, 2.24) is 15.2 Å². The first-order valence-electron chi connectivity index (χ1n) is 8.14. The van der Waals surface area contributed by atoms with E-state index >= 15 is 0 Å². The number of carbonyl (C=O) groups is 1. The lowest BCUT2D eigenvalue weighted by molar-refractivity contribution is 0.0599. The van der Waals surface area contributed by atoms with Gasteiger partial charge in [0.15, 0.2) is 5.89 Å². The van der Waals surface area contributed by atoms with Gasteiger partial charge in [-0.1, -0.05) is 31.2 Å². The third kappa shape index (κ3) is 3.15. The Kier molecular flexibility index (Phi) is 4.48. The SMILES string of the molecule is CCc1ccc(C2CNCCN2C(=O)c2oc(C)nc2C)cc1. The fourth-order valence-corrected chi connectivity index (χ4v) is 3.08. The molecule has 1 aromatic heterocycles. The largest absolute Gasteiger partial charge is 0.436 e. The van der Waals surface area contributed by atoms with Crippen LogP contribution in [0.1, 0.15) is 46.2 Å². The molecule has 0 saturated carbocycles. The number of hydrogen-bond donors (Lipinski definition) is 1. The molecule has 23 heavy (non-hydrogen) atoms. The number of piperazine rings is 1. The Morgan fingerprint density at radius 3 is 2.70 bits per heavy atom. The highest BCUT2D eigenvalue weighted by atomic mass is 16.4. The molecule has 1 unspecified atom stereocenters. The van der Waals surface area contributed by atoms with Gasteiger partial charge in [-0.05, 0) is 24.5 Å². The molecule has 0 aliphatic carbocycles. The number of nitrogens with zero attached hydrogens (tertiary/aromatic N) is 2. The van der Waals surface area contributed by atoms with Crippen molar-refractivity contribution in [3.05, 3.63) is 52.7 Å². The monoisotopic (exact) mass is 313 g/mol. The van der Waals surface area contributed by atoms with E-state index in [0.717, 1.165) is 25.1 Å². The van der Waals surface area contributed by atoms with Crippen LogP contribution in [0, 0.1) is 13.8 Å². The first-order chi connectivity index (χ1) is 11.1. The third-order valence-electron chi connectivity index (χ3n) is 4.37. The number of rotatable bonds is 3. The summed E-state index contributed by atoms with van der Waals surface area (Å²) >= 11 is 0. The topological polar surface area (TPSA) is 58.4 Å². The highest BCUT2D eigenvalue weighted by Crippen LogP contribution is 2.25. The van der Waals surface area contributed by atoms with E-state index in [1.165, 1.54) is 5.56 Å². The summed E-state index contributed by atoms with van der Waals surface area (Å²) in [6.45, 7) is 7.94. The lowest BCUT2D eigenvalue weighted by atomic mass is 10.0. The first-order valence-corrected chi connectivity index (χ1v) is 8.14. The molecule has 0 bridgehead atoms. The number of hydrogen-bond acceptors (Lipinski definition) is 4. The molecule has 0 spiro atoms. The minimum Gasteiger partial charge on any atom is -0.436 e. The van der Waals surface area contributed by atoms with Crippen LogP contribution >= 0.6 is 0 Å². The molecule has 3 rings (SSSR count). The Bertz CT molecular complexity index is 691. The van der Waals surface area contributed by atoms with E-state index in [1.54, 1.807) is 6.92 Å². The number of benzene rings is 1. The van der Waals surface area contributed by atoms with E-state index in [9.17, 15) is 4.79 Å². The zero-order valence-corrected chi connectivity index (χ0v) is 13.9. The van der Waals surface area contributed by atoms with Crippen molar-refractivity contribution < 1.29 is 9.21 Å². The third-order valence-corrected chi connectivity index (χ3v) is 4.37. The molecule has 2 aromatic rings. The summed E-state index contributed by atoms with van der Waals surface area (Å²) in [5.41, 5.74) is 3.11. The van der Waals surface area contributed by atoms with Crippen LogP contribution in [0.15, 0.2) is 28.7 Å². The number of oxazole rings is 1. The predicted octanol–water partition coefficient (Wildman–Crippen LogP) is 2.64. The van der Waals surface area contributed by atoms with Gasteiger partial charge in [0.2, 0.25) is 5.76 Å². The van der Waals surface area contributed by atoms with E-state index in [4.69, 9.17) is 4.42 Å². The predicted molar refractivity (Wildman–Crippen MR) is 88.4 cm³/mol. The normalized spacial score (nSPS) is 18.2. The average Bonchev–Trinajstić information content (AvgIpc) is 2.92. The summed E-state index contributed by atoms with van der Waals surface area (Å²) in [5.74, 6) is 0.818. The highest BCUT2D eigenvalue weighted by Gasteiger charge is 2.31. The molecule has 1 atom stereocenters. The molecule has 5 heteroatoms. The summed E-state index contributed by atoms with van der Waals surface area (Å²) < 4.78 is 5.53. The summed E-state index contributed by atoms with van der Waals surface area (Å²) in [5, 5.41) is 3.38. The van der Waals surface area contributed by atoms with Gasteiger partial charge < -0.3 is 14.6 Å². The molecular weight excluding hydrogens is 290 g/mol. The minimum atomic E-state index is -0.0748. The second kappa shape index (κ2) is 6.54. The molecule has 2 heterocycles. The molecule has 1 saturated heterocycles. The van der Waals surface area contributed by atoms with Gasteiger partial charge in [0.25, 0.3) is 5.91 Å². The van der Waals surface area contributed by atoms with Crippen LogP contribution in [0.2, 0.25) is 0 Å². The maximum Gasteiger partial charge on any atom is 0.292 e. The van der Waals surface area contributed by atoms with Crippen molar-refractivity contribution in [3.8, 4) is 0 Å². The second-order valence-electron chi connectivity index (χ2n) is 5.96. The molecule has 1 N–H and O–H groups in total. The van der Waals surface area contributed by atoms with E-state index in [2.05, 4.69) is 41.5 Å². The Morgan fingerprint density at radius 2 is 2.09 bits per heavy atom. The van der Waals surface area contributed by atoms with Crippen LogP contribution in [-0.2, 0) is 6.42 Å². The van der Waals surface area contributed by atoms with Crippen molar-refractivity contribution in [2.45, 2.75) is 33.2 Å². The average molecular weight is 313 g/mol. The van der Waals surface area contributed by atoms with Crippen molar-refractivity contribution in [2.24, 2.45) is 0 Å². The van der Waals surface area contributed by atoms with E-state index < -0.39 is 0 Å². The van der Waals surface area contributed by atoms with E-state index in [1.807, 2.05) is 11.8 Å². The Morgan fingerprint density at radius 1 is 1.35 bits per heavy atom. The number of aryl methyl sites for hydroxylation is 3. The quantitative estimate of drug-likeness (QED) is 0.946. The summed E-state index contributed by atoms with van der Waals surface area (Å²) in [7, 11) is 0.